The summed E-state index contributed by atoms with van der Waals surface area (Å²) in [5.41, 5.74) is 2.26. The molecule has 0 spiro atoms. The highest BCUT2D eigenvalue weighted by atomic mass is 19.1. The Morgan fingerprint density at radius 1 is 1.21 bits per heavy atom. The molecule has 28 heavy (non-hydrogen) atoms. The van der Waals surface area contributed by atoms with Gasteiger partial charge >= 0.3 is 0 Å². The quantitative estimate of drug-likeness (QED) is 0.786. The van der Waals surface area contributed by atoms with E-state index in [1.54, 1.807) is 0 Å². The van der Waals surface area contributed by atoms with Gasteiger partial charge in [0.05, 0.1) is 12.0 Å². The maximum absolute atomic E-state index is 13.1. The van der Waals surface area contributed by atoms with E-state index in [0.717, 1.165) is 43.8 Å². The molecule has 3 rings (SSSR count). The first-order valence-corrected chi connectivity index (χ1v) is 9.96. The average Bonchev–Trinajstić information content (AvgIpc) is 2.69. The highest BCUT2D eigenvalue weighted by Gasteiger charge is 2.26. The molecule has 0 bridgehead atoms. The number of rotatable bonds is 7. The lowest BCUT2D eigenvalue weighted by atomic mass is 9.96. The molecule has 150 valence electrons. The second kappa shape index (κ2) is 9.69. The third kappa shape index (κ3) is 6.06. The van der Waals surface area contributed by atoms with Gasteiger partial charge in [-0.15, -0.1) is 0 Å². The molecule has 1 fully saturated rings. The van der Waals surface area contributed by atoms with Crippen molar-refractivity contribution >= 4 is 5.91 Å². The molecule has 1 saturated heterocycles. The molecule has 1 aliphatic rings. The van der Waals surface area contributed by atoms with Crippen LogP contribution in [0.1, 0.15) is 30.9 Å². The summed E-state index contributed by atoms with van der Waals surface area (Å²) in [5.74, 6) is 0.663. The Labute approximate surface area is 166 Å². The third-order valence-electron chi connectivity index (χ3n) is 5.11. The van der Waals surface area contributed by atoms with Gasteiger partial charge in [0.2, 0.25) is 5.91 Å². The first-order chi connectivity index (χ1) is 13.5. The van der Waals surface area contributed by atoms with Crippen LogP contribution < -0.4 is 10.1 Å². The predicted molar refractivity (Wildman–Crippen MR) is 109 cm³/mol. The largest absolute Gasteiger partial charge is 0.491 e. The summed E-state index contributed by atoms with van der Waals surface area (Å²) in [6, 6.07) is 14.4. The van der Waals surface area contributed by atoms with E-state index in [9.17, 15) is 9.18 Å². The van der Waals surface area contributed by atoms with E-state index >= 15 is 0 Å². The zero-order valence-corrected chi connectivity index (χ0v) is 16.7. The Bertz CT molecular complexity index is 761. The van der Waals surface area contributed by atoms with E-state index in [4.69, 9.17) is 4.74 Å². The zero-order valence-electron chi connectivity index (χ0n) is 16.7. The van der Waals surface area contributed by atoms with Crippen molar-refractivity contribution in [2.24, 2.45) is 5.92 Å². The number of aryl methyl sites for hydroxylation is 1. The SMILES string of the molecule is Cc1ccc(OC[C@H](C)NC(=O)[C@H]2CCCN(Cc3ccc(F)cc3)C2)cc1. The molecule has 0 unspecified atom stereocenters. The van der Waals surface area contributed by atoms with Crippen LogP contribution in [0.2, 0.25) is 0 Å². The van der Waals surface area contributed by atoms with Crippen LogP contribution in [0.3, 0.4) is 0 Å². The number of amides is 1. The minimum atomic E-state index is -0.221. The van der Waals surface area contributed by atoms with Crippen LogP contribution >= 0.6 is 0 Å². The molecule has 0 saturated carbocycles. The number of hydrogen-bond acceptors (Lipinski definition) is 3. The number of piperidine rings is 1. The van der Waals surface area contributed by atoms with Gasteiger partial charge in [-0.05, 0) is 63.1 Å². The summed E-state index contributed by atoms with van der Waals surface area (Å²) in [6.07, 6.45) is 1.89. The van der Waals surface area contributed by atoms with Crippen molar-refractivity contribution in [3.63, 3.8) is 0 Å². The molecular formula is C23H29FN2O2. The third-order valence-corrected chi connectivity index (χ3v) is 5.11. The fraction of sp³-hybridized carbons (Fsp3) is 0.435. The van der Waals surface area contributed by atoms with Crippen LogP contribution in [0, 0.1) is 18.7 Å². The number of ether oxygens (including phenoxy) is 1. The van der Waals surface area contributed by atoms with Crippen LogP contribution in [-0.4, -0.2) is 36.5 Å². The fourth-order valence-corrected chi connectivity index (χ4v) is 3.52. The molecule has 1 amide bonds. The smallest absolute Gasteiger partial charge is 0.224 e. The maximum Gasteiger partial charge on any atom is 0.224 e. The molecular weight excluding hydrogens is 355 g/mol. The monoisotopic (exact) mass is 384 g/mol. The van der Waals surface area contributed by atoms with Gasteiger partial charge in [-0.2, -0.15) is 0 Å². The minimum Gasteiger partial charge on any atom is -0.491 e. The van der Waals surface area contributed by atoms with Crippen LogP contribution in [0.15, 0.2) is 48.5 Å². The first-order valence-electron chi connectivity index (χ1n) is 9.96. The molecule has 5 heteroatoms. The number of carbonyl (C=O) groups is 1. The van der Waals surface area contributed by atoms with Gasteiger partial charge in [0.1, 0.15) is 18.2 Å². The summed E-state index contributed by atoms with van der Waals surface area (Å²) in [6.45, 7) is 6.89. The van der Waals surface area contributed by atoms with Crippen molar-refractivity contribution in [2.75, 3.05) is 19.7 Å². The number of halogens is 1. The normalized spacial score (nSPS) is 18.5. The number of hydrogen-bond donors (Lipinski definition) is 1. The van der Waals surface area contributed by atoms with E-state index in [-0.39, 0.29) is 23.7 Å². The molecule has 1 N–H and O–H groups in total. The summed E-state index contributed by atoms with van der Waals surface area (Å²) in [5, 5.41) is 3.08. The Kier molecular flexibility index (Phi) is 7.04. The van der Waals surface area contributed by atoms with E-state index in [1.807, 2.05) is 50.2 Å². The molecule has 0 aliphatic carbocycles. The average molecular weight is 384 g/mol. The second-order valence-corrected chi connectivity index (χ2v) is 7.73. The molecule has 1 aliphatic heterocycles. The van der Waals surface area contributed by atoms with E-state index in [2.05, 4.69) is 10.2 Å². The van der Waals surface area contributed by atoms with Crippen LogP contribution in [0.25, 0.3) is 0 Å². The minimum absolute atomic E-state index is 0.0176. The van der Waals surface area contributed by atoms with Crippen LogP contribution in [0.4, 0.5) is 4.39 Å². The number of carbonyl (C=O) groups excluding carboxylic acids is 1. The van der Waals surface area contributed by atoms with Crippen LogP contribution in [0.5, 0.6) is 5.75 Å². The summed E-state index contributed by atoms with van der Waals surface area (Å²) >= 11 is 0. The Morgan fingerprint density at radius 2 is 1.93 bits per heavy atom. The summed E-state index contributed by atoms with van der Waals surface area (Å²) in [4.78, 5) is 14.9. The topological polar surface area (TPSA) is 41.6 Å². The van der Waals surface area contributed by atoms with Crippen LogP contribution in [-0.2, 0) is 11.3 Å². The van der Waals surface area contributed by atoms with Crippen molar-refractivity contribution in [2.45, 2.75) is 39.3 Å². The van der Waals surface area contributed by atoms with E-state index in [0.29, 0.717) is 6.61 Å². The maximum atomic E-state index is 13.1. The molecule has 0 aromatic heterocycles. The van der Waals surface area contributed by atoms with Gasteiger partial charge in [-0.3, -0.25) is 9.69 Å². The standard InChI is InChI=1S/C23H29FN2O2/c1-17-5-11-22(12-6-17)28-16-18(2)25-23(27)20-4-3-13-26(15-20)14-19-7-9-21(24)10-8-19/h5-12,18,20H,3-4,13-16H2,1-2H3,(H,25,27)/t18-,20-/m0/s1. The molecule has 0 radical (unpaired) electrons. The van der Waals surface area contributed by atoms with Gasteiger partial charge in [0.15, 0.2) is 0 Å². The Hall–Kier alpha value is -2.40. The Morgan fingerprint density at radius 3 is 2.64 bits per heavy atom. The molecule has 2 aromatic carbocycles. The lowest BCUT2D eigenvalue weighted by Crippen LogP contribution is -2.46. The predicted octanol–water partition coefficient (Wildman–Crippen LogP) is 3.93. The van der Waals surface area contributed by atoms with Gasteiger partial charge in [-0.25, -0.2) is 4.39 Å². The lowest BCUT2D eigenvalue weighted by molar-refractivity contribution is -0.127. The molecule has 2 atom stereocenters. The van der Waals surface area contributed by atoms with Gasteiger partial charge in [-0.1, -0.05) is 29.8 Å². The highest BCUT2D eigenvalue weighted by molar-refractivity contribution is 5.79. The Balaban J connectivity index is 1.45. The van der Waals surface area contributed by atoms with Gasteiger partial charge in [0.25, 0.3) is 0 Å². The number of nitrogens with one attached hydrogen (secondary N) is 1. The van der Waals surface area contributed by atoms with Gasteiger partial charge < -0.3 is 10.1 Å². The van der Waals surface area contributed by atoms with E-state index in [1.165, 1.54) is 17.7 Å². The fourth-order valence-electron chi connectivity index (χ4n) is 3.52. The molecule has 2 aromatic rings. The van der Waals surface area contributed by atoms with Crippen molar-refractivity contribution in [1.82, 2.24) is 10.2 Å². The second-order valence-electron chi connectivity index (χ2n) is 7.73. The summed E-state index contributed by atoms with van der Waals surface area (Å²) < 4.78 is 18.8. The highest BCUT2D eigenvalue weighted by Crippen LogP contribution is 2.19. The van der Waals surface area contributed by atoms with Gasteiger partial charge in [0, 0.05) is 13.1 Å². The van der Waals surface area contributed by atoms with Crippen molar-refractivity contribution < 1.29 is 13.9 Å². The zero-order chi connectivity index (χ0) is 19.9. The van der Waals surface area contributed by atoms with Crippen molar-refractivity contribution in [1.29, 1.82) is 0 Å². The number of benzene rings is 2. The summed E-state index contributed by atoms with van der Waals surface area (Å²) in [7, 11) is 0. The lowest BCUT2D eigenvalue weighted by Gasteiger charge is -2.32. The van der Waals surface area contributed by atoms with E-state index < -0.39 is 0 Å². The van der Waals surface area contributed by atoms with Crippen molar-refractivity contribution in [3.8, 4) is 5.75 Å². The van der Waals surface area contributed by atoms with Crippen molar-refractivity contribution in [3.05, 3.63) is 65.5 Å². The number of nitrogens with zero attached hydrogens (tertiary/aromatic N) is 1. The molecule has 1 heterocycles. The molecule has 4 nitrogen and oxygen atoms in total. The number of likely N-dealkylation sites (tertiary alicyclic amines) is 1. The first kappa shape index (κ1) is 20.3.